The van der Waals surface area contributed by atoms with E-state index in [-0.39, 0.29) is 5.41 Å². The normalized spacial score (nSPS) is 17.7. The van der Waals surface area contributed by atoms with Gasteiger partial charge in [0.2, 0.25) is 0 Å². The minimum atomic E-state index is 0.223. The molecule has 1 N–H and O–H groups in total. The molecule has 0 fully saturated rings. The number of anilines is 1. The molecule has 2 aromatic rings. The van der Waals surface area contributed by atoms with Crippen molar-refractivity contribution in [3.63, 3.8) is 0 Å². The summed E-state index contributed by atoms with van der Waals surface area (Å²) < 4.78 is 0. The fraction of sp³-hybridized carbons (Fsp3) is 0.368. The van der Waals surface area contributed by atoms with Crippen LogP contribution in [-0.2, 0) is 11.8 Å². The Labute approximate surface area is 122 Å². The number of fused-ring (bicyclic) bond motifs is 1. The van der Waals surface area contributed by atoms with E-state index in [0.29, 0.717) is 6.04 Å². The zero-order chi connectivity index (χ0) is 14.3. The number of nitrogens with one attached hydrogen (secondary N) is 1. The van der Waals surface area contributed by atoms with Gasteiger partial charge in [-0.3, -0.25) is 0 Å². The van der Waals surface area contributed by atoms with E-state index in [2.05, 4.69) is 75.5 Å². The van der Waals surface area contributed by atoms with Crippen LogP contribution in [0.5, 0.6) is 0 Å². The quantitative estimate of drug-likeness (QED) is 0.765. The Hall–Kier alpha value is -1.76. The molecule has 20 heavy (non-hydrogen) atoms. The van der Waals surface area contributed by atoms with E-state index in [1.54, 1.807) is 0 Å². The van der Waals surface area contributed by atoms with Crippen molar-refractivity contribution >= 4 is 5.69 Å². The first kappa shape index (κ1) is 13.2. The molecular weight excluding hydrogens is 242 g/mol. The van der Waals surface area contributed by atoms with Crippen LogP contribution in [0.4, 0.5) is 5.69 Å². The fourth-order valence-corrected chi connectivity index (χ4v) is 2.97. The minimum absolute atomic E-state index is 0.223. The highest BCUT2D eigenvalue weighted by Gasteiger charge is 2.23. The topological polar surface area (TPSA) is 12.0 Å². The third-order valence-electron chi connectivity index (χ3n) is 4.33. The van der Waals surface area contributed by atoms with E-state index in [1.807, 2.05) is 0 Å². The molecule has 0 radical (unpaired) electrons. The second-order valence-electron chi connectivity index (χ2n) is 6.87. The minimum Gasteiger partial charge on any atom is -0.378 e. The molecule has 1 atom stereocenters. The summed E-state index contributed by atoms with van der Waals surface area (Å²) in [6.07, 6.45) is 1.09. The molecule has 0 aromatic heterocycles. The summed E-state index contributed by atoms with van der Waals surface area (Å²) in [5.74, 6) is 0. The maximum atomic E-state index is 3.65. The molecule has 2 aromatic carbocycles. The maximum Gasteiger partial charge on any atom is 0.0555 e. The van der Waals surface area contributed by atoms with E-state index in [4.69, 9.17) is 0 Å². The van der Waals surface area contributed by atoms with Crippen molar-refractivity contribution in [2.45, 2.75) is 45.6 Å². The number of rotatable bonds is 1. The van der Waals surface area contributed by atoms with Gasteiger partial charge in [-0.25, -0.2) is 0 Å². The largest absolute Gasteiger partial charge is 0.378 e. The summed E-state index contributed by atoms with van der Waals surface area (Å²) in [5, 5.41) is 3.65. The lowest BCUT2D eigenvalue weighted by molar-refractivity contribution is 0.589. The van der Waals surface area contributed by atoms with Gasteiger partial charge in [-0.2, -0.15) is 0 Å². The molecule has 1 aliphatic heterocycles. The average molecular weight is 265 g/mol. The molecule has 1 heterocycles. The maximum absolute atomic E-state index is 3.65. The average Bonchev–Trinajstić information content (AvgIpc) is 2.83. The third-order valence-corrected chi connectivity index (χ3v) is 4.33. The van der Waals surface area contributed by atoms with E-state index in [0.717, 1.165) is 6.42 Å². The monoisotopic (exact) mass is 265 g/mol. The third kappa shape index (κ3) is 2.33. The van der Waals surface area contributed by atoms with Crippen molar-refractivity contribution in [2.24, 2.45) is 0 Å². The molecule has 104 valence electrons. The molecule has 0 saturated carbocycles. The van der Waals surface area contributed by atoms with Crippen LogP contribution in [0.15, 0.2) is 42.5 Å². The zero-order valence-corrected chi connectivity index (χ0v) is 12.8. The van der Waals surface area contributed by atoms with Crippen molar-refractivity contribution in [3.8, 4) is 0 Å². The second kappa shape index (κ2) is 4.66. The first-order valence-corrected chi connectivity index (χ1v) is 7.40. The molecule has 0 amide bonds. The summed E-state index contributed by atoms with van der Waals surface area (Å²) in [6.45, 7) is 8.98. The van der Waals surface area contributed by atoms with Crippen LogP contribution in [0, 0.1) is 6.92 Å². The summed E-state index contributed by atoms with van der Waals surface area (Å²) in [7, 11) is 0. The Morgan fingerprint density at radius 3 is 2.30 bits per heavy atom. The summed E-state index contributed by atoms with van der Waals surface area (Å²) in [6, 6.07) is 16.0. The van der Waals surface area contributed by atoms with Gasteiger partial charge in [-0.15, -0.1) is 0 Å². The Morgan fingerprint density at radius 2 is 1.70 bits per heavy atom. The summed E-state index contributed by atoms with van der Waals surface area (Å²) >= 11 is 0. The Morgan fingerprint density at radius 1 is 1.00 bits per heavy atom. The van der Waals surface area contributed by atoms with Gasteiger partial charge < -0.3 is 5.32 Å². The molecule has 1 heteroatoms. The van der Waals surface area contributed by atoms with Crippen LogP contribution in [0.25, 0.3) is 0 Å². The van der Waals surface area contributed by atoms with Crippen LogP contribution in [-0.4, -0.2) is 0 Å². The van der Waals surface area contributed by atoms with E-state index in [1.165, 1.54) is 27.9 Å². The highest BCUT2D eigenvalue weighted by molar-refractivity contribution is 5.60. The number of hydrogen-bond donors (Lipinski definition) is 1. The predicted molar refractivity (Wildman–Crippen MR) is 86.4 cm³/mol. The molecule has 3 rings (SSSR count). The predicted octanol–water partition coefficient (Wildman–Crippen LogP) is 5.00. The van der Waals surface area contributed by atoms with Crippen molar-refractivity contribution in [3.05, 3.63) is 64.7 Å². The standard InChI is InChI=1S/C19H23N/c1-13-6-5-7-17-16(13)12-18(20-17)14-8-10-15(11-9-14)19(2,3)4/h5-11,18,20H,12H2,1-4H3. The number of aryl methyl sites for hydroxylation is 1. The van der Waals surface area contributed by atoms with Crippen LogP contribution in [0.2, 0.25) is 0 Å². The highest BCUT2D eigenvalue weighted by atomic mass is 14.9. The molecular formula is C19H23N. The lowest BCUT2D eigenvalue weighted by Gasteiger charge is -2.20. The van der Waals surface area contributed by atoms with Gasteiger partial charge in [0.25, 0.3) is 0 Å². The van der Waals surface area contributed by atoms with E-state index in [9.17, 15) is 0 Å². The number of hydrogen-bond acceptors (Lipinski definition) is 1. The zero-order valence-electron chi connectivity index (χ0n) is 12.8. The van der Waals surface area contributed by atoms with Gasteiger partial charge in [-0.1, -0.05) is 57.2 Å². The molecule has 0 aliphatic carbocycles. The molecule has 0 bridgehead atoms. The molecule has 0 saturated heterocycles. The van der Waals surface area contributed by atoms with Gasteiger partial charge in [0, 0.05) is 5.69 Å². The van der Waals surface area contributed by atoms with Crippen molar-refractivity contribution in [1.82, 2.24) is 0 Å². The van der Waals surface area contributed by atoms with Gasteiger partial charge in [0.1, 0.15) is 0 Å². The van der Waals surface area contributed by atoms with Crippen LogP contribution >= 0.6 is 0 Å². The van der Waals surface area contributed by atoms with Gasteiger partial charge >= 0.3 is 0 Å². The molecule has 1 unspecified atom stereocenters. The molecule has 0 spiro atoms. The van der Waals surface area contributed by atoms with Crippen molar-refractivity contribution in [2.75, 3.05) is 5.32 Å². The Balaban J connectivity index is 1.85. The molecule has 1 nitrogen and oxygen atoms in total. The second-order valence-corrected chi connectivity index (χ2v) is 6.87. The van der Waals surface area contributed by atoms with Crippen LogP contribution < -0.4 is 5.32 Å². The highest BCUT2D eigenvalue weighted by Crippen LogP contribution is 2.36. The van der Waals surface area contributed by atoms with E-state index >= 15 is 0 Å². The number of benzene rings is 2. The van der Waals surface area contributed by atoms with Crippen molar-refractivity contribution in [1.29, 1.82) is 0 Å². The SMILES string of the molecule is Cc1cccc2c1CC(c1ccc(C(C)(C)C)cc1)N2. The van der Waals surface area contributed by atoms with Gasteiger partial charge in [0.15, 0.2) is 0 Å². The fourth-order valence-electron chi connectivity index (χ4n) is 2.97. The van der Waals surface area contributed by atoms with E-state index < -0.39 is 0 Å². The van der Waals surface area contributed by atoms with Gasteiger partial charge in [0.05, 0.1) is 6.04 Å². The van der Waals surface area contributed by atoms with Gasteiger partial charge in [-0.05, 0) is 47.1 Å². The summed E-state index contributed by atoms with van der Waals surface area (Å²) in [4.78, 5) is 0. The lowest BCUT2D eigenvalue weighted by Crippen LogP contribution is -2.12. The van der Waals surface area contributed by atoms with Crippen molar-refractivity contribution < 1.29 is 0 Å². The summed E-state index contributed by atoms with van der Waals surface area (Å²) in [5.41, 5.74) is 7.17. The lowest BCUT2D eigenvalue weighted by atomic mass is 9.86. The first-order chi connectivity index (χ1) is 9.45. The smallest absolute Gasteiger partial charge is 0.0555 e. The Kier molecular flexibility index (Phi) is 3.08. The van der Waals surface area contributed by atoms with Crippen LogP contribution in [0.1, 0.15) is 49.1 Å². The first-order valence-electron chi connectivity index (χ1n) is 7.40. The Bertz CT molecular complexity index is 617. The van der Waals surface area contributed by atoms with Crippen LogP contribution in [0.3, 0.4) is 0 Å². The molecule has 1 aliphatic rings.